The molecule has 1 aliphatic heterocycles. The number of hydrogen-bond donors (Lipinski definition) is 2. The maximum Gasteiger partial charge on any atom is 0.282 e. The number of H-pyrrole nitrogens is 1. The van der Waals surface area contributed by atoms with Crippen LogP contribution in [-0.2, 0) is 7.05 Å². The van der Waals surface area contributed by atoms with Crippen molar-refractivity contribution in [1.82, 2.24) is 29.0 Å². The van der Waals surface area contributed by atoms with Gasteiger partial charge in [-0.2, -0.15) is 14.5 Å². The highest BCUT2D eigenvalue weighted by molar-refractivity contribution is 7.09. The van der Waals surface area contributed by atoms with Gasteiger partial charge < -0.3 is 14.8 Å². The van der Waals surface area contributed by atoms with Crippen molar-refractivity contribution >= 4 is 39.2 Å². The van der Waals surface area contributed by atoms with Gasteiger partial charge in [-0.15, -0.1) is 0 Å². The lowest BCUT2D eigenvalue weighted by molar-refractivity contribution is -0.113. The summed E-state index contributed by atoms with van der Waals surface area (Å²) in [5, 5.41) is 11.5. The van der Waals surface area contributed by atoms with Crippen LogP contribution in [0.4, 0.5) is 19.6 Å². The summed E-state index contributed by atoms with van der Waals surface area (Å²) in [5.41, 5.74) is 4.93. The first kappa shape index (κ1) is 21.4. The molecule has 176 valence electrons. The summed E-state index contributed by atoms with van der Waals surface area (Å²) in [6.45, 7) is -1.08. The van der Waals surface area contributed by atoms with Gasteiger partial charge >= 0.3 is 0 Å². The number of benzene rings is 2. The highest BCUT2D eigenvalue weighted by atomic mass is 32.1. The van der Waals surface area contributed by atoms with Crippen LogP contribution in [0.5, 0.6) is 0 Å². The Morgan fingerprint density at radius 2 is 1.86 bits per heavy atom. The van der Waals surface area contributed by atoms with E-state index < -0.39 is 24.9 Å². The molecule has 0 spiro atoms. The van der Waals surface area contributed by atoms with E-state index in [1.54, 1.807) is 23.9 Å². The van der Waals surface area contributed by atoms with E-state index in [1.165, 1.54) is 11.5 Å². The number of aromatic amines is 1. The third-order valence-electron chi connectivity index (χ3n) is 6.05. The van der Waals surface area contributed by atoms with Gasteiger partial charge in [0.2, 0.25) is 5.13 Å². The molecule has 4 heterocycles. The number of hydrogen-bond acceptors (Lipinski definition) is 6. The highest BCUT2D eigenvalue weighted by Gasteiger charge is 2.46. The molecule has 35 heavy (non-hydrogen) atoms. The fraction of sp³-hybridized carbons (Fsp3) is 0.167. The SMILES string of the molecule is Cn1c(C(=O)N2CC(F)(F)C2)cc2ccc(-c3nsc(Nc4ccc(-c5cn[nH]c5)cc4)n3)cc21. The minimum absolute atomic E-state index is 0.375. The summed E-state index contributed by atoms with van der Waals surface area (Å²) in [6, 6.07) is 15.3. The topological polar surface area (TPSA) is 91.7 Å². The minimum Gasteiger partial charge on any atom is -0.340 e. The highest BCUT2D eigenvalue weighted by Crippen LogP contribution is 2.31. The largest absolute Gasteiger partial charge is 0.340 e. The molecule has 1 aliphatic rings. The molecule has 8 nitrogen and oxygen atoms in total. The zero-order chi connectivity index (χ0) is 24.2. The molecule has 1 amide bonds. The number of aromatic nitrogens is 5. The van der Waals surface area contributed by atoms with Gasteiger partial charge in [0.05, 0.1) is 19.3 Å². The van der Waals surface area contributed by atoms with Gasteiger partial charge in [-0.05, 0) is 29.8 Å². The van der Waals surface area contributed by atoms with Gasteiger partial charge in [0.15, 0.2) is 5.82 Å². The lowest BCUT2D eigenvalue weighted by Gasteiger charge is -2.38. The number of likely N-dealkylation sites (tertiary alicyclic amines) is 1. The van der Waals surface area contributed by atoms with E-state index >= 15 is 0 Å². The summed E-state index contributed by atoms with van der Waals surface area (Å²) in [4.78, 5) is 18.4. The molecule has 0 unspecified atom stereocenters. The Hall–Kier alpha value is -4.12. The van der Waals surface area contributed by atoms with Crippen molar-refractivity contribution in [2.75, 3.05) is 18.4 Å². The number of nitrogens with one attached hydrogen (secondary N) is 2. The first-order valence-corrected chi connectivity index (χ1v) is 11.6. The van der Waals surface area contributed by atoms with E-state index in [-0.39, 0.29) is 0 Å². The van der Waals surface area contributed by atoms with Gasteiger partial charge in [-0.3, -0.25) is 9.89 Å². The Kier molecular flexibility index (Phi) is 4.88. The molecule has 0 saturated carbocycles. The molecule has 2 aromatic carbocycles. The smallest absolute Gasteiger partial charge is 0.282 e. The van der Waals surface area contributed by atoms with Crippen LogP contribution in [0.15, 0.2) is 60.9 Å². The maximum atomic E-state index is 13.2. The predicted octanol–water partition coefficient (Wildman–Crippen LogP) is 4.92. The van der Waals surface area contributed by atoms with Crippen LogP contribution in [0.25, 0.3) is 33.4 Å². The van der Waals surface area contributed by atoms with Crippen molar-refractivity contribution in [3.63, 3.8) is 0 Å². The molecule has 0 bridgehead atoms. The van der Waals surface area contributed by atoms with Crippen molar-refractivity contribution in [3.8, 4) is 22.5 Å². The standard InChI is InChI=1S/C24H19F2N7OS/c1-32-19-9-16(3-2-15(19)8-20(32)22(34)33-12-24(25,26)13-33)21-30-23(35-31-21)29-18-6-4-14(5-7-18)17-10-27-28-11-17/h2-11H,12-13H2,1H3,(H,27,28)(H,29,30,31). The first-order chi connectivity index (χ1) is 16.9. The zero-order valence-corrected chi connectivity index (χ0v) is 19.3. The molecule has 11 heteroatoms. The van der Waals surface area contributed by atoms with Crippen molar-refractivity contribution in [3.05, 3.63) is 66.6 Å². The number of anilines is 2. The molecule has 1 fully saturated rings. The third-order valence-corrected chi connectivity index (χ3v) is 6.68. The molecule has 1 saturated heterocycles. The van der Waals surface area contributed by atoms with Gasteiger partial charge in [0.1, 0.15) is 5.69 Å². The van der Waals surface area contributed by atoms with E-state index in [0.29, 0.717) is 16.6 Å². The van der Waals surface area contributed by atoms with Crippen LogP contribution >= 0.6 is 11.5 Å². The second-order valence-corrected chi connectivity index (χ2v) is 9.24. The first-order valence-electron chi connectivity index (χ1n) is 10.8. The fourth-order valence-corrected chi connectivity index (χ4v) is 4.77. The number of fused-ring (bicyclic) bond motifs is 1. The normalized spacial score (nSPS) is 14.8. The van der Waals surface area contributed by atoms with Crippen LogP contribution in [0, 0.1) is 0 Å². The van der Waals surface area contributed by atoms with Crippen molar-refractivity contribution in [2.24, 2.45) is 7.05 Å². The van der Waals surface area contributed by atoms with E-state index in [2.05, 4.69) is 24.9 Å². The Balaban J connectivity index is 1.21. The Morgan fingerprint density at radius 1 is 1.09 bits per heavy atom. The molecule has 6 rings (SSSR count). The number of aryl methyl sites for hydroxylation is 1. The number of carbonyl (C=O) groups excluding carboxylic acids is 1. The van der Waals surface area contributed by atoms with Gasteiger partial charge in [-0.1, -0.05) is 24.3 Å². The number of halogens is 2. The molecule has 2 N–H and O–H groups in total. The number of amides is 1. The third kappa shape index (κ3) is 3.93. The average Bonchev–Trinajstić information content (AvgIpc) is 3.59. The number of carbonyl (C=O) groups is 1. The zero-order valence-electron chi connectivity index (χ0n) is 18.5. The number of alkyl halides is 2. The van der Waals surface area contributed by atoms with Crippen molar-refractivity contribution in [1.29, 1.82) is 0 Å². The second kappa shape index (κ2) is 7.98. The summed E-state index contributed by atoms with van der Waals surface area (Å²) >= 11 is 1.25. The maximum absolute atomic E-state index is 13.2. The summed E-state index contributed by atoms with van der Waals surface area (Å²) in [6.07, 6.45) is 3.61. The fourth-order valence-electron chi connectivity index (χ4n) is 4.16. The predicted molar refractivity (Wildman–Crippen MR) is 130 cm³/mol. The van der Waals surface area contributed by atoms with Crippen LogP contribution in [0.1, 0.15) is 10.5 Å². The van der Waals surface area contributed by atoms with Crippen LogP contribution in [0.2, 0.25) is 0 Å². The van der Waals surface area contributed by atoms with Crippen LogP contribution in [0.3, 0.4) is 0 Å². The molecule has 0 aliphatic carbocycles. The van der Waals surface area contributed by atoms with Gasteiger partial charge in [-0.25, -0.2) is 8.78 Å². The summed E-state index contributed by atoms with van der Waals surface area (Å²) in [5.74, 6) is -2.63. The van der Waals surface area contributed by atoms with E-state index in [4.69, 9.17) is 0 Å². The van der Waals surface area contributed by atoms with Gasteiger partial charge in [0.25, 0.3) is 11.8 Å². The lowest BCUT2D eigenvalue weighted by atomic mass is 10.1. The Morgan fingerprint density at radius 3 is 2.57 bits per heavy atom. The molecule has 0 radical (unpaired) electrons. The molecule has 3 aromatic heterocycles. The minimum atomic E-state index is -2.79. The van der Waals surface area contributed by atoms with E-state index in [9.17, 15) is 13.6 Å². The second-order valence-electron chi connectivity index (χ2n) is 8.49. The van der Waals surface area contributed by atoms with Crippen molar-refractivity contribution in [2.45, 2.75) is 5.92 Å². The van der Waals surface area contributed by atoms with Crippen LogP contribution < -0.4 is 5.32 Å². The number of rotatable bonds is 5. The Bertz CT molecular complexity index is 1530. The molecule has 5 aromatic rings. The quantitative estimate of drug-likeness (QED) is 0.364. The average molecular weight is 492 g/mol. The summed E-state index contributed by atoms with van der Waals surface area (Å²) < 4.78 is 32.6. The van der Waals surface area contributed by atoms with Crippen molar-refractivity contribution < 1.29 is 13.6 Å². The van der Waals surface area contributed by atoms with Crippen LogP contribution in [-0.4, -0.2) is 53.9 Å². The van der Waals surface area contributed by atoms with E-state index in [0.717, 1.165) is 38.2 Å². The summed E-state index contributed by atoms with van der Waals surface area (Å²) in [7, 11) is 1.76. The van der Waals surface area contributed by atoms with E-state index in [1.807, 2.05) is 48.7 Å². The van der Waals surface area contributed by atoms with Gasteiger partial charge in [0, 0.05) is 52.5 Å². The Labute approximate surface area is 202 Å². The molecule has 0 atom stereocenters. The molecular formula is C24H19F2N7OS. The lowest BCUT2D eigenvalue weighted by Crippen LogP contribution is -2.58. The monoisotopic (exact) mass is 491 g/mol. The number of nitrogens with zero attached hydrogens (tertiary/aromatic N) is 5. The molecular weight excluding hydrogens is 472 g/mol.